The third kappa shape index (κ3) is 2.09. The van der Waals surface area contributed by atoms with E-state index < -0.39 is 11.4 Å². The maximum absolute atomic E-state index is 11.2. The third-order valence-corrected chi connectivity index (χ3v) is 3.21. The first-order chi connectivity index (χ1) is 7.62. The van der Waals surface area contributed by atoms with Gasteiger partial charge in [-0.15, -0.1) is 0 Å². The van der Waals surface area contributed by atoms with Crippen LogP contribution in [0.1, 0.15) is 18.4 Å². The summed E-state index contributed by atoms with van der Waals surface area (Å²) < 4.78 is 6.94. The molecule has 1 fully saturated rings. The second kappa shape index (κ2) is 4.25. The topological polar surface area (TPSA) is 64.4 Å². The second-order valence-electron chi connectivity index (χ2n) is 4.41. The van der Waals surface area contributed by atoms with Crippen LogP contribution in [0.25, 0.3) is 0 Å². The average Bonchev–Trinajstić information content (AvgIpc) is 2.84. The molecule has 5 nitrogen and oxygen atoms in total. The number of carboxylic acid groups (broad SMARTS) is 1. The molecule has 1 aliphatic heterocycles. The predicted molar refractivity (Wildman–Crippen MR) is 57.0 cm³/mol. The second-order valence-corrected chi connectivity index (χ2v) is 4.41. The van der Waals surface area contributed by atoms with Crippen molar-refractivity contribution < 1.29 is 14.6 Å². The van der Waals surface area contributed by atoms with Crippen LogP contribution < -0.4 is 0 Å². The first kappa shape index (κ1) is 11.1. The molecule has 0 spiro atoms. The third-order valence-electron chi connectivity index (χ3n) is 3.21. The molecule has 88 valence electrons. The van der Waals surface area contributed by atoms with Gasteiger partial charge in [-0.1, -0.05) is 0 Å². The summed E-state index contributed by atoms with van der Waals surface area (Å²) in [5, 5.41) is 13.3. The summed E-state index contributed by atoms with van der Waals surface area (Å²) in [4.78, 5) is 11.2. The van der Waals surface area contributed by atoms with E-state index in [4.69, 9.17) is 4.74 Å². The molecule has 0 bridgehead atoms. The van der Waals surface area contributed by atoms with E-state index >= 15 is 0 Å². The quantitative estimate of drug-likeness (QED) is 0.823. The largest absolute Gasteiger partial charge is 0.481 e. The molecule has 0 aromatic carbocycles. The highest BCUT2D eigenvalue weighted by Crippen LogP contribution is 2.33. The smallest absolute Gasteiger partial charge is 0.312 e. The molecule has 1 saturated heterocycles. The lowest BCUT2D eigenvalue weighted by atomic mass is 9.82. The van der Waals surface area contributed by atoms with Gasteiger partial charge in [0.05, 0.1) is 18.2 Å². The van der Waals surface area contributed by atoms with Crippen LogP contribution in [0.4, 0.5) is 0 Å². The Hall–Kier alpha value is -1.36. The van der Waals surface area contributed by atoms with Crippen molar-refractivity contribution in [2.45, 2.75) is 19.3 Å². The zero-order chi connectivity index (χ0) is 11.6. The van der Waals surface area contributed by atoms with E-state index in [1.807, 2.05) is 13.2 Å². The van der Waals surface area contributed by atoms with E-state index in [2.05, 4.69) is 5.10 Å². The number of aliphatic carboxylic acids is 1. The lowest BCUT2D eigenvalue weighted by molar-refractivity contribution is -0.149. The summed E-state index contributed by atoms with van der Waals surface area (Å²) in [6.45, 7) is 0.891. The normalized spacial score (nSPS) is 24.8. The van der Waals surface area contributed by atoms with Crippen molar-refractivity contribution in [2.24, 2.45) is 12.5 Å². The maximum Gasteiger partial charge on any atom is 0.312 e. The van der Waals surface area contributed by atoms with E-state index in [1.54, 1.807) is 10.9 Å². The Labute approximate surface area is 94.0 Å². The number of nitrogens with zero attached hydrogens (tertiary/aromatic N) is 2. The molecular formula is C11H16N2O3. The van der Waals surface area contributed by atoms with Crippen LogP contribution in [0.2, 0.25) is 0 Å². The summed E-state index contributed by atoms with van der Waals surface area (Å²) in [7, 11) is 1.86. The van der Waals surface area contributed by atoms with Gasteiger partial charge in [0.2, 0.25) is 0 Å². The minimum absolute atomic E-state index is 0.336. The summed E-state index contributed by atoms with van der Waals surface area (Å²) in [5.41, 5.74) is 0.394. The van der Waals surface area contributed by atoms with Crippen LogP contribution in [-0.4, -0.2) is 34.1 Å². The summed E-state index contributed by atoms with van der Waals surface area (Å²) in [5.74, 6) is -0.742. The molecule has 5 heteroatoms. The van der Waals surface area contributed by atoms with Crippen molar-refractivity contribution in [1.82, 2.24) is 9.78 Å². The number of aromatic nitrogens is 2. The minimum Gasteiger partial charge on any atom is -0.481 e. The Morgan fingerprint density at radius 1 is 1.75 bits per heavy atom. The van der Waals surface area contributed by atoms with Gasteiger partial charge in [-0.2, -0.15) is 5.10 Å². The minimum atomic E-state index is -0.742. The van der Waals surface area contributed by atoms with Crippen LogP contribution in [0.3, 0.4) is 0 Å². The number of hydrogen-bond donors (Lipinski definition) is 1. The summed E-state index contributed by atoms with van der Waals surface area (Å²) >= 11 is 0. The lowest BCUT2D eigenvalue weighted by Gasteiger charge is -2.21. The van der Waals surface area contributed by atoms with Crippen molar-refractivity contribution in [1.29, 1.82) is 0 Å². The van der Waals surface area contributed by atoms with Crippen molar-refractivity contribution in [3.63, 3.8) is 0 Å². The molecule has 1 aromatic heterocycles. The van der Waals surface area contributed by atoms with Crippen LogP contribution in [0, 0.1) is 5.41 Å². The van der Waals surface area contributed by atoms with Crippen molar-refractivity contribution in [2.75, 3.05) is 13.2 Å². The lowest BCUT2D eigenvalue weighted by Crippen LogP contribution is -2.31. The van der Waals surface area contributed by atoms with E-state index in [-0.39, 0.29) is 0 Å². The fourth-order valence-electron chi connectivity index (χ4n) is 2.06. The molecule has 1 atom stereocenters. The van der Waals surface area contributed by atoms with Gasteiger partial charge in [0, 0.05) is 19.9 Å². The number of carbonyl (C=O) groups is 1. The Kier molecular flexibility index (Phi) is 2.96. The molecular weight excluding hydrogens is 208 g/mol. The summed E-state index contributed by atoms with van der Waals surface area (Å²) in [6.07, 6.45) is 5.68. The standard InChI is InChI=1S/C11H16N2O3/c1-13-7-9(6-12-13)2-3-11(10(14)15)4-5-16-8-11/h6-7H,2-5,8H2,1H3,(H,14,15). The average molecular weight is 224 g/mol. The van der Waals surface area contributed by atoms with Gasteiger partial charge >= 0.3 is 5.97 Å². The van der Waals surface area contributed by atoms with E-state index in [9.17, 15) is 9.90 Å². The molecule has 0 aliphatic carbocycles. The number of aryl methyl sites for hydroxylation is 2. The van der Waals surface area contributed by atoms with E-state index in [0.717, 1.165) is 12.0 Å². The van der Waals surface area contributed by atoms with Crippen molar-refractivity contribution in [3.05, 3.63) is 18.0 Å². The van der Waals surface area contributed by atoms with Gasteiger partial charge in [-0.25, -0.2) is 0 Å². The Morgan fingerprint density at radius 2 is 2.56 bits per heavy atom. The molecule has 0 saturated carbocycles. The molecule has 0 amide bonds. The Morgan fingerprint density at radius 3 is 3.06 bits per heavy atom. The highest BCUT2D eigenvalue weighted by Gasteiger charge is 2.41. The van der Waals surface area contributed by atoms with E-state index in [1.165, 1.54) is 0 Å². The molecule has 2 rings (SSSR count). The van der Waals surface area contributed by atoms with Crippen molar-refractivity contribution in [3.8, 4) is 0 Å². The van der Waals surface area contributed by atoms with Crippen LogP contribution in [-0.2, 0) is 23.0 Å². The number of hydrogen-bond acceptors (Lipinski definition) is 3. The molecule has 2 heterocycles. The zero-order valence-corrected chi connectivity index (χ0v) is 9.35. The number of ether oxygens (including phenoxy) is 1. The highest BCUT2D eigenvalue weighted by molar-refractivity contribution is 5.75. The zero-order valence-electron chi connectivity index (χ0n) is 9.35. The molecule has 0 radical (unpaired) electrons. The van der Waals surface area contributed by atoms with Gasteiger partial charge in [0.15, 0.2) is 0 Å². The summed E-state index contributed by atoms with van der Waals surface area (Å²) in [6, 6.07) is 0. The Bertz CT molecular complexity index is 380. The highest BCUT2D eigenvalue weighted by atomic mass is 16.5. The van der Waals surface area contributed by atoms with Crippen molar-refractivity contribution >= 4 is 5.97 Å². The molecule has 1 aromatic rings. The molecule has 1 aliphatic rings. The van der Waals surface area contributed by atoms with Gasteiger partial charge in [-0.05, 0) is 24.8 Å². The maximum atomic E-state index is 11.2. The first-order valence-corrected chi connectivity index (χ1v) is 5.41. The fourth-order valence-corrected chi connectivity index (χ4v) is 2.06. The fraction of sp³-hybridized carbons (Fsp3) is 0.636. The first-order valence-electron chi connectivity index (χ1n) is 5.41. The SMILES string of the molecule is Cn1cc(CCC2(C(=O)O)CCOC2)cn1. The molecule has 1 N–H and O–H groups in total. The van der Waals surface area contributed by atoms with Crippen LogP contribution in [0.15, 0.2) is 12.4 Å². The van der Waals surface area contributed by atoms with Gasteiger partial charge in [-0.3, -0.25) is 9.48 Å². The van der Waals surface area contributed by atoms with Crippen LogP contribution in [0.5, 0.6) is 0 Å². The van der Waals surface area contributed by atoms with Gasteiger partial charge in [0.1, 0.15) is 0 Å². The number of carboxylic acids is 1. The predicted octanol–water partition coefficient (Wildman–Crippen LogP) is 0.844. The van der Waals surface area contributed by atoms with Gasteiger partial charge < -0.3 is 9.84 Å². The van der Waals surface area contributed by atoms with Gasteiger partial charge in [0.25, 0.3) is 0 Å². The van der Waals surface area contributed by atoms with Crippen LogP contribution >= 0.6 is 0 Å². The monoisotopic (exact) mass is 224 g/mol. The molecule has 16 heavy (non-hydrogen) atoms. The van der Waals surface area contributed by atoms with E-state index in [0.29, 0.717) is 26.1 Å². The molecule has 1 unspecified atom stereocenters. The Balaban J connectivity index is 1.99. The number of rotatable bonds is 4.